The second-order valence-corrected chi connectivity index (χ2v) is 15.2. The molecule has 0 aromatic carbocycles. The molecule has 0 unspecified atom stereocenters. The van der Waals surface area contributed by atoms with Crippen LogP contribution in [0.1, 0.15) is 156 Å². The Morgan fingerprint density at radius 1 is 0.276 bits per heavy atom. The van der Waals surface area contributed by atoms with E-state index in [2.05, 4.69) is 27.7 Å². The zero-order chi connectivity index (χ0) is 21.5. The summed E-state index contributed by atoms with van der Waals surface area (Å²) in [6.07, 6.45) is 36.3. The second-order valence-electron chi connectivity index (χ2n) is 10.2. The van der Waals surface area contributed by atoms with Gasteiger partial charge in [0.05, 0.1) is 0 Å². The van der Waals surface area contributed by atoms with Crippen LogP contribution in [-0.4, -0.2) is 24.6 Å². The van der Waals surface area contributed by atoms with Crippen LogP contribution in [-0.2, 0) is 0 Å². The number of unbranched alkanes of at least 4 members (excludes halogenated alkanes) is 16. The van der Waals surface area contributed by atoms with Crippen molar-refractivity contribution in [3.8, 4) is 0 Å². The third-order valence-corrected chi connectivity index (χ3v) is 12.9. The van der Waals surface area contributed by atoms with Gasteiger partial charge in [0.2, 0.25) is 0 Å². The Morgan fingerprint density at radius 2 is 0.483 bits per heavy atom. The summed E-state index contributed by atoms with van der Waals surface area (Å²) in [5, 5.41) is 0. The van der Waals surface area contributed by atoms with Crippen LogP contribution < -0.4 is 0 Å². The third kappa shape index (κ3) is 18.9. The van der Waals surface area contributed by atoms with Crippen LogP contribution in [0.2, 0.25) is 0 Å². The van der Waals surface area contributed by atoms with Gasteiger partial charge in [-0.15, -0.1) is 0 Å². The Kier molecular flexibility index (Phi) is 23.4. The molecule has 0 aromatic rings. The number of hydrogen-bond donors (Lipinski definition) is 0. The molecule has 0 heterocycles. The van der Waals surface area contributed by atoms with Crippen LogP contribution in [0.5, 0.6) is 0 Å². The van der Waals surface area contributed by atoms with Crippen LogP contribution in [0.3, 0.4) is 0 Å². The van der Waals surface area contributed by atoms with E-state index < -0.39 is 7.26 Å². The molecule has 0 fully saturated rings. The van der Waals surface area contributed by atoms with Gasteiger partial charge in [-0.25, -0.2) is 0 Å². The van der Waals surface area contributed by atoms with Crippen LogP contribution in [0.15, 0.2) is 0 Å². The molecule has 0 saturated carbocycles. The summed E-state index contributed by atoms with van der Waals surface area (Å²) in [4.78, 5) is 0. The second kappa shape index (κ2) is 23.1. The van der Waals surface area contributed by atoms with Crippen LogP contribution in [0.25, 0.3) is 0 Å². The molecule has 0 aliphatic heterocycles. The molecule has 0 aromatic heterocycles. The quantitative estimate of drug-likeness (QED) is 0.106. The Hall–Kier alpha value is 0.430. The Morgan fingerprint density at radius 3 is 0.759 bits per heavy atom. The molecule has 0 N–H and O–H groups in total. The monoisotopic (exact) mass is 428 g/mol. The van der Waals surface area contributed by atoms with E-state index in [1.54, 1.807) is 50.3 Å². The van der Waals surface area contributed by atoms with Crippen molar-refractivity contribution in [1.82, 2.24) is 0 Å². The van der Waals surface area contributed by atoms with E-state index in [0.717, 1.165) is 0 Å². The van der Waals surface area contributed by atoms with Crippen molar-refractivity contribution < 1.29 is 0 Å². The van der Waals surface area contributed by atoms with Crippen molar-refractivity contribution in [2.24, 2.45) is 0 Å². The van der Waals surface area contributed by atoms with Crippen LogP contribution in [0.4, 0.5) is 0 Å². The maximum absolute atomic E-state index is 2.36. The van der Waals surface area contributed by atoms with E-state index in [1.807, 2.05) is 0 Å². The topological polar surface area (TPSA) is 0 Å². The van der Waals surface area contributed by atoms with E-state index in [0.29, 0.717) is 0 Å². The molecular weight excluding hydrogens is 367 g/mol. The Labute approximate surface area is 188 Å². The first-order chi connectivity index (χ1) is 14.2. The fourth-order valence-corrected chi connectivity index (χ4v) is 10.7. The SMILES string of the molecule is CCCCCCCC[PH](CCCCCC)(CCCCCC)CCCCCCCC. The van der Waals surface area contributed by atoms with E-state index in [9.17, 15) is 0 Å². The van der Waals surface area contributed by atoms with Gasteiger partial charge in [-0.2, -0.15) is 0 Å². The molecule has 0 rings (SSSR count). The van der Waals surface area contributed by atoms with Gasteiger partial charge < -0.3 is 0 Å². The molecular formula is C28H61P. The molecule has 178 valence electrons. The molecule has 0 radical (unpaired) electrons. The molecule has 0 spiro atoms. The summed E-state index contributed by atoms with van der Waals surface area (Å²) in [6.45, 7) is 9.40. The molecule has 0 aliphatic carbocycles. The maximum atomic E-state index is 2.36. The molecule has 0 amide bonds. The molecule has 29 heavy (non-hydrogen) atoms. The summed E-state index contributed by atoms with van der Waals surface area (Å²) in [5.74, 6) is 0. The Balaban J connectivity index is 4.63. The van der Waals surface area contributed by atoms with Crippen LogP contribution in [0, 0.1) is 0 Å². The van der Waals surface area contributed by atoms with Gasteiger partial charge in [0, 0.05) is 0 Å². The summed E-state index contributed by atoms with van der Waals surface area (Å²) in [7, 11) is -1.03. The van der Waals surface area contributed by atoms with Crippen molar-refractivity contribution >= 4 is 7.26 Å². The summed E-state index contributed by atoms with van der Waals surface area (Å²) in [6, 6.07) is 0. The minimum absolute atomic E-state index is 1.03. The first kappa shape index (κ1) is 29.4. The number of rotatable bonds is 24. The van der Waals surface area contributed by atoms with Gasteiger partial charge in [-0.3, -0.25) is 0 Å². The average molecular weight is 429 g/mol. The van der Waals surface area contributed by atoms with Crippen molar-refractivity contribution in [1.29, 1.82) is 0 Å². The standard InChI is InChI=1S/C28H61P/c1-5-9-13-17-19-23-27-29(25-21-15-11-7-3,26-22-16-12-8-4)28-24-20-18-14-10-6-2/h29H,5-28H2,1-4H3. The molecule has 0 bridgehead atoms. The predicted molar refractivity (Wildman–Crippen MR) is 143 cm³/mol. The summed E-state index contributed by atoms with van der Waals surface area (Å²) >= 11 is 0. The van der Waals surface area contributed by atoms with Gasteiger partial charge >= 0.3 is 188 Å². The normalized spacial score (nSPS) is 12.6. The molecule has 0 aliphatic rings. The minimum atomic E-state index is -1.03. The first-order valence-corrected chi connectivity index (χ1v) is 17.1. The summed E-state index contributed by atoms with van der Waals surface area (Å²) in [5.41, 5.74) is 0. The fraction of sp³-hybridized carbons (Fsp3) is 1.00. The van der Waals surface area contributed by atoms with Crippen molar-refractivity contribution in [2.45, 2.75) is 156 Å². The van der Waals surface area contributed by atoms with Crippen LogP contribution >= 0.6 is 7.26 Å². The van der Waals surface area contributed by atoms with E-state index in [4.69, 9.17) is 0 Å². The van der Waals surface area contributed by atoms with Crippen molar-refractivity contribution in [3.63, 3.8) is 0 Å². The van der Waals surface area contributed by atoms with Crippen molar-refractivity contribution in [3.05, 3.63) is 0 Å². The van der Waals surface area contributed by atoms with Gasteiger partial charge in [0.15, 0.2) is 0 Å². The Bertz CT molecular complexity index is 269. The first-order valence-electron chi connectivity index (χ1n) is 14.2. The van der Waals surface area contributed by atoms with Gasteiger partial charge in [-0.05, 0) is 0 Å². The van der Waals surface area contributed by atoms with E-state index >= 15 is 0 Å². The fourth-order valence-electron chi connectivity index (χ4n) is 5.16. The zero-order valence-corrected chi connectivity index (χ0v) is 22.5. The molecule has 0 atom stereocenters. The molecule has 1 heteroatoms. The van der Waals surface area contributed by atoms with Gasteiger partial charge in [-0.1, -0.05) is 0 Å². The van der Waals surface area contributed by atoms with Gasteiger partial charge in [0.1, 0.15) is 0 Å². The van der Waals surface area contributed by atoms with E-state index in [-0.39, 0.29) is 0 Å². The zero-order valence-electron chi connectivity index (χ0n) is 21.5. The average Bonchev–Trinajstić information content (AvgIpc) is 2.73. The predicted octanol–water partition coefficient (Wildman–Crippen LogP) is 10.6. The molecule has 0 saturated heterocycles. The van der Waals surface area contributed by atoms with E-state index in [1.165, 1.54) is 103 Å². The van der Waals surface area contributed by atoms with Gasteiger partial charge in [0.25, 0.3) is 0 Å². The third-order valence-electron chi connectivity index (χ3n) is 7.24. The van der Waals surface area contributed by atoms with Crippen molar-refractivity contribution in [2.75, 3.05) is 24.6 Å². The molecule has 0 nitrogen and oxygen atoms in total. The number of hydrogen-bond acceptors (Lipinski definition) is 0. The summed E-state index contributed by atoms with van der Waals surface area (Å²) < 4.78 is 0.